The van der Waals surface area contributed by atoms with Gasteiger partial charge in [0, 0.05) is 18.7 Å². The van der Waals surface area contributed by atoms with Crippen LogP contribution in [0.1, 0.15) is 33.6 Å². The summed E-state index contributed by atoms with van der Waals surface area (Å²) in [6.45, 7) is 1.91. The Hall–Kier alpha value is -3.02. The van der Waals surface area contributed by atoms with E-state index in [1.807, 2.05) is 34.1 Å². The van der Waals surface area contributed by atoms with Gasteiger partial charge in [-0.05, 0) is 43.2 Å². The summed E-state index contributed by atoms with van der Waals surface area (Å²) in [7, 11) is 1.36. The van der Waals surface area contributed by atoms with Gasteiger partial charge in [-0.3, -0.25) is 4.79 Å². The molecule has 2 aliphatic heterocycles. The van der Waals surface area contributed by atoms with Gasteiger partial charge < -0.3 is 19.3 Å². The fourth-order valence-corrected chi connectivity index (χ4v) is 3.48. The van der Waals surface area contributed by atoms with Gasteiger partial charge in [-0.1, -0.05) is 12.1 Å². The van der Waals surface area contributed by atoms with Gasteiger partial charge in [0.2, 0.25) is 0 Å². The predicted octanol–water partition coefficient (Wildman–Crippen LogP) is 3.20. The Morgan fingerprint density at radius 1 is 1.04 bits per heavy atom. The molecule has 134 valence electrons. The third kappa shape index (κ3) is 2.77. The number of fused-ring (bicyclic) bond motifs is 1. The molecule has 0 aromatic heterocycles. The van der Waals surface area contributed by atoms with Crippen molar-refractivity contribution in [3.05, 3.63) is 53.6 Å². The van der Waals surface area contributed by atoms with Crippen molar-refractivity contribution >= 4 is 23.3 Å². The predicted molar refractivity (Wildman–Crippen MR) is 97.0 cm³/mol. The maximum atomic E-state index is 12.6. The smallest absolute Gasteiger partial charge is 0.339 e. The molecule has 1 saturated heterocycles. The van der Waals surface area contributed by atoms with Crippen molar-refractivity contribution in [2.75, 3.05) is 31.8 Å². The van der Waals surface area contributed by atoms with Crippen LogP contribution in [0.3, 0.4) is 0 Å². The number of benzene rings is 2. The van der Waals surface area contributed by atoms with Crippen molar-refractivity contribution in [1.82, 2.24) is 4.90 Å². The lowest BCUT2D eigenvalue weighted by Crippen LogP contribution is -2.27. The quantitative estimate of drug-likeness (QED) is 0.794. The molecule has 0 unspecified atom stereocenters. The zero-order valence-corrected chi connectivity index (χ0v) is 14.6. The highest BCUT2D eigenvalue weighted by atomic mass is 16.5. The van der Waals surface area contributed by atoms with Crippen molar-refractivity contribution in [2.24, 2.45) is 0 Å². The van der Waals surface area contributed by atoms with Gasteiger partial charge in [-0.15, -0.1) is 0 Å². The van der Waals surface area contributed by atoms with Gasteiger partial charge in [0.25, 0.3) is 5.91 Å². The van der Waals surface area contributed by atoms with Crippen LogP contribution in [-0.4, -0.2) is 43.7 Å². The summed E-state index contributed by atoms with van der Waals surface area (Å²) in [6, 6.07) is 12.7. The van der Waals surface area contributed by atoms with E-state index in [1.165, 1.54) is 7.11 Å². The van der Waals surface area contributed by atoms with Crippen LogP contribution in [0.2, 0.25) is 0 Å². The molecule has 0 aliphatic carbocycles. The van der Waals surface area contributed by atoms with Crippen molar-refractivity contribution in [3.63, 3.8) is 0 Å². The Labute approximate surface area is 151 Å². The van der Waals surface area contributed by atoms with E-state index in [-0.39, 0.29) is 12.6 Å². The van der Waals surface area contributed by atoms with Crippen LogP contribution >= 0.6 is 0 Å². The molecule has 26 heavy (non-hydrogen) atoms. The molecule has 2 aromatic rings. The lowest BCUT2D eigenvalue weighted by Gasteiger charge is -2.19. The summed E-state index contributed by atoms with van der Waals surface area (Å²) in [4.78, 5) is 28.4. The molecule has 1 amide bonds. The van der Waals surface area contributed by atoms with Crippen molar-refractivity contribution in [3.8, 4) is 5.75 Å². The fourth-order valence-electron chi connectivity index (χ4n) is 3.48. The Kier molecular flexibility index (Phi) is 4.24. The van der Waals surface area contributed by atoms with Crippen LogP contribution in [-0.2, 0) is 4.74 Å². The second-order valence-corrected chi connectivity index (χ2v) is 6.39. The lowest BCUT2D eigenvalue weighted by molar-refractivity contribution is 0.0601. The zero-order valence-electron chi connectivity index (χ0n) is 14.6. The highest BCUT2D eigenvalue weighted by Crippen LogP contribution is 2.41. The van der Waals surface area contributed by atoms with E-state index in [4.69, 9.17) is 9.47 Å². The molecule has 0 spiro atoms. The van der Waals surface area contributed by atoms with Gasteiger partial charge in [-0.2, -0.15) is 0 Å². The van der Waals surface area contributed by atoms with Gasteiger partial charge >= 0.3 is 5.97 Å². The van der Waals surface area contributed by atoms with Gasteiger partial charge in [-0.25, -0.2) is 4.79 Å². The Morgan fingerprint density at radius 2 is 1.81 bits per heavy atom. The standard InChI is InChI=1S/C20H20N2O4/c1-25-20(24)15-6-2-3-7-16(15)22-13-26-18-12-14(8-9-17(18)22)19(23)21-10-4-5-11-21/h2-3,6-9,12H,4-5,10-11,13H2,1H3. The summed E-state index contributed by atoms with van der Waals surface area (Å²) in [6.07, 6.45) is 2.12. The number of likely N-dealkylation sites (tertiary alicyclic amines) is 1. The normalized spacial score (nSPS) is 15.6. The second-order valence-electron chi connectivity index (χ2n) is 6.39. The van der Waals surface area contributed by atoms with E-state index in [1.54, 1.807) is 18.2 Å². The number of carbonyl (C=O) groups is 2. The monoisotopic (exact) mass is 352 g/mol. The molecule has 2 aliphatic rings. The minimum atomic E-state index is -0.394. The number of amides is 1. The molecule has 0 N–H and O–H groups in total. The zero-order chi connectivity index (χ0) is 18.1. The van der Waals surface area contributed by atoms with Crippen LogP contribution in [0.15, 0.2) is 42.5 Å². The van der Waals surface area contributed by atoms with E-state index in [0.717, 1.165) is 37.3 Å². The largest absolute Gasteiger partial charge is 0.471 e. The first-order valence-corrected chi connectivity index (χ1v) is 8.70. The summed E-state index contributed by atoms with van der Waals surface area (Å²) in [5.41, 5.74) is 2.66. The number of esters is 1. The summed E-state index contributed by atoms with van der Waals surface area (Å²) in [5, 5.41) is 0. The number of hydrogen-bond donors (Lipinski definition) is 0. The third-order valence-electron chi connectivity index (χ3n) is 4.84. The number of anilines is 2. The SMILES string of the molecule is COC(=O)c1ccccc1N1COc2cc(C(=O)N3CCCC3)ccc21. The third-order valence-corrected chi connectivity index (χ3v) is 4.84. The van der Waals surface area contributed by atoms with Crippen LogP contribution < -0.4 is 9.64 Å². The topological polar surface area (TPSA) is 59.1 Å². The summed E-state index contributed by atoms with van der Waals surface area (Å²) in [5.74, 6) is 0.298. The minimum Gasteiger partial charge on any atom is -0.471 e. The van der Waals surface area contributed by atoms with Crippen molar-refractivity contribution in [2.45, 2.75) is 12.8 Å². The van der Waals surface area contributed by atoms with E-state index in [9.17, 15) is 9.59 Å². The molecule has 2 heterocycles. The molecule has 0 bridgehead atoms. The van der Waals surface area contributed by atoms with Gasteiger partial charge in [0.05, 0.1) is 24.0 Å². The number of para-hydroxylation sites is 1. The number of ether oxygens (including phenoxy) is 2. The van der Waals surface area contributed by atoms with Crippen LogP contribution in [0.4, 0.5) is 11.4 Å². The lowest BCUT2D eigenvalue weighted by atomic mass is 10.1. The second kappa shape index (κ2) is 6.71. The number of rotatable bonds is 3. The van der Waals surface area contributed by atoms with Crippen LogP contribution in [0.25, 0.3) is 0 Å². The number of hydrogen-bond acceptors (Lipinski definition) is 5. The molecule has 1 fully saturated rings. The van der Waals surface area contributed by atoms with Crippen LogP contribution in [0, 0.1) is 0 Å². The number of nitrogens with zero attached hydrogens (tertiary/aromatic N) is 2. The first-order valence-electron chi connectivity index (χ1n) is 8.70. The maximum Gasteiger partial charge on any atom is 0.339 e. The van der Waals surface area contributed by atoms with Crippen molar-refractivity contribution in [1.29, 1.82) is 0 Å². The highest BCUT2D eigenvalue weighted by molar-refractivity contribution is 5.98. The fraction of sp³-hybridized carbons (Fsp3) is 0.300. The van der Waals surface area contributed by atoms with E-state index < -0.39 is 5.97 Å². The Balaban J connectivity index is 1.65. The molecule has 0 saturated carbocycles. The first-order chi connectivity index (χ1) is 12.7. The maximum absolute atomic E-state index is 12.6. The van der Waals surface area contributed by atoms with E-state index in [2.05, 4.69) is 0 Å². The molecule has 0 atom stereocenters. The molecule has 6 heteroatoms. The summed E-state index contributed by atoms with van der Waals surface area (Å²) < 4.78 is 10.7. The molecule has 0 radical (unpaired) electrons. The Morgan fingerprint density at radius 3 is 2.58 bits per heavy atom. The van der Waals surface area contributed by atoms with E-state index in [0.29, 0.717) is 16.9 Å². The molecule has 6 nitrogen and oxygen atoms in total. The highest BCUT2D eigenvalue weighted by Gasteiger charge is 2.28. The van der Waals surface area contributed by atoms with Gasteiger partial charge in [0.1, 0.15) is 5.75 Å². The minimum absolute atomic E-state index is 0.0438. The average molecular weight is 352 g/mol. The van der Waals surface area contributed by atoms with Crippen molar-refractivity contribution < 1.29 is 19.1 Å². The molecular formula is C20H20N2O4. The Bertz CT molecular complexity index is 859. The average Bonchev–Trinajstić information content (AvgIpc) is 3.36. The van der Waals surface area contributed by atoms with E-state index >= 15 is 0 Å². The summed E-state index contributed by atoms with van der Waals surface area (Å²) >= 11 is 0. The molecule has 4 rings (SSSR count). The van der Waals surface area contributed by atoms with Crippen LogP contribution in [0.5, 0.6) is 5.75 Å². The first kappa shape index (κ1) is 16.4. The molecule has 2 aromatic carbocycles. The molecular weight excluding hydrogens is 332 g/mol. The number of methoxy groups -OCH3 is 1. The van der Waals surface area contributed by atoms with Gasteiger partial charge in [0.15, 0.2) is 6.73 Å². The number of carbonyl (C=O) groups excluding carboxylic acids is 2.